The third-order valence-electron chi connectivity index (χ3n) is 13.3. The van der Waals surface area contributed by atoms with E-state index in [4.69, 9.17) is 24.2 Å². The molecule has 0 radical (unpaired) electrons. The number of fused-ring (bicyclic) bond motifs is 6. The molecule has 3 bridgehead atoms. The lowest BCUT2D eigenvalue weighted by atomic mass is 9.97. The molecule has 1 aromatic carbocycles. The highest BCUT2D eigenvalue weighted by Crippen LogP contribution is 2.47. The predicted molar refractivity (Wildman–Crippen MR) is 213 cm³/mol. The zero-order chi connectivity index (χ0) is 40.7. The van der Waals surface area contributed by atoms with E-state index in [0.717, 1.165) is 57.8 Å². The van der Waals surface area contributed by atoms with Crippen LogP contribution in [0.2, 0.25) is 0 Å². The molecule has 1 aromatic heterocycles. The van der Waals surface area contributed by atoms with Crippen LogP contribution >= 0.6 is 0 Å². The minimum absolute atomic E-state index is 0.00137. The molecule has 3 aliphatic carbocycles. The Morgan fingerprint density at radius 2 is 1.76 bits per heavy atom. The lowest BCUT2D eigenvalue weighted by Gasteiger charge is -2.30. The van der Waals surface area contributed by atoms with Crippen LogP contribution in [-0.4, -0.2) is 95.3 Å². The summed E-state index contributed by atoms with van der Waals surface area (Å²) in [6.45, 7) is 1.60. The van der Waals surface area contributed by atoms with Gasteiger partial charge >= 0.3 is 6.09 Å². The summed E-state index contributed by atoms with van der Waals surface area (Å²) in [5.74, 6) is -1.10. The first-order chi connectivity index (χ1) is 27.9. The molecule has 4 fully saturated rings. The minimum Gasteiger partial charge on any atom is -0.497 e. The van der Waals surface area contributed by atoms with Crippen molar-refractivity contribution in [1.82, 2.24) is 30.2 Å². The third kappa shape index (κ3) is 8.35. The Hall–Kier alpha value is -4.47. The van der Waals surface area contributed by atoms with Gasteiger partial charge in [0.15, 0.2) is 0 Å². The number of allylic oxidation sites excluding steroid dienone is 1. The summed E-state index contributed by atoms with van der Waals surface area (Å²) in [6.07, 6.45) is 13.7. The molecule has 2 aromatic rings. The van der Waals surface area contributed by atoms with Crippen LogP contribution in [0.3, 0.4) is 0 Å². The van der Waals surface area contributed by atoms with Gasteiger partial charge in [-0.2, -0.15) is 0 Å². The van der Waals surface area contributed by atoms with Crippen molar-refractivity contribution in [2.45, 2.75) is 151 Å². The quantitative estimate of drug-likeness (QED) is 0.360. The maximum atomic E-state index is 14.7. The summed E-state index contributed by atoms with van der Waals surface area (Å²) in [7, 11) is -2.41. The molecule has 4 heterocycles. The van der Waals surface area contributed by atoms with Crippen molar-refractivity contribution in [1.29, 1.82) is 0 Å². The number of amides is 4. The first-order valence-corrected chi connectivity index (χ1v) is 22.7. The van der Waals surface area contributed by atoms with E-state index in [1.807, 2.05) is 24.3 Å². The van der Waals surface area contributed by atoms with E-state index in [1.165, 1.54) is 4.90 Å². The molecule has 1 saturated heterocycles. The number of aromatic nitrogens is 2. The van der Waals surface area contributed by atoms with Crippen LogP contribution in [0.4, 0.5) is 4.79 Å². The Kier molecular flexibility index (Phi) is 11.3. The van der Waals surface area contributed by atoms with Crippen molar-refractivity contribution in [2.75, 3.05) is 13.7 Å². The molecule has 4 amide bonds. The summed E-state index contributed by atoms with van der Waals surface area (Å²) >= 11 is 0. The summed E-state index contributed by atoms with van der Waals surface area (Å²) in [5, 5.41) is 5.82. The van der Waals surface area contributed by atoms with Gasteiger partial charge in [0.2, 0.25) is 27.7 Å². The van der Waals surface area contributed by atoms with Crippen LogP contribution in [0.15, 0.2) is 30.4 Å². The summed E-state index contributed by atoms with van der Waals surface area (Å²) < 4.78 is 45.8. The number of nitrogens with one attached hydrogen (secondary N) is 3. The highest BCUT2D eigenvalue weighted by Gasteiger charge is 2.63. The number of ether oxygens (including phenoxy) is 3. The molecular formula is C42H56N6O9S. The number of nitrogens with zero attached hydrogens (tertiary/aromatic N) is 3. The van der Waals surface area contributed by atoms with Crippen LogP contribution in [0, 0.1) is 11.8 Å². The van der Waals surface area contributed by atoms with Gasteiger partial charge in [0.05, 0.1) is 29.4 Å². The van der Waals surface area contributed by atoms with Crippen molar-refractivity contribution in [3.63, 3.8) is 0 Å². The van der Waals surface area contributed by atoms with Crippen LogP contribution in [0.5, 0.6) is 11.6 Å². The Morgan fingerprint density at radius 3 is 2.57 bits per heavy atom. The molecule has 314 valence electrons. The maximum Gasteiger partial charge on any atom is 0.408 e. The standard InChI is InChI=1S/C42H56N6O9S/c1-41(20-21-41)58(53,54)47-39(51)42-24-27(42)14-8-4-3-5-9-16-32-38(50)48-25-29(23-34(48)36(49)46-42)56-37-31(43-30-19-18-28(55-2)22-33(30)44-37)15-10-6-7-12-26-13-11-17-35(26)57-40(52)45-32/h8,14,18-19,22,26-27,29,32,34-35H,3-7,9-13,15-17,20-21,23-25H2,1-2H3,(H,45,52)(H,46,49)(H,47,51)/b14-8+/t26-,27-,29-,32+,34+,35-,42-/m1/s1. The fourth-order valence-electron chi connectivity index (χ4n) is 9.22. The summed E-state index contributed by atoms with van der Waals surface area (Å²) in [4.78, 5) is 68.1. The van der Waals surface area contributed by atoms with E-state index >= 15 is 0 Å². The monoisotopic (exact) mass is 820 g/mol. The number of methoxy groups -OCH3 is 1. The third-order valence-corrected chi connectivity index (χ3v) is 15.4. The molecule has 8 rings (SSSR count). The molecule has 58 heavy (non-hydrogen) atoms. The zero-order valence-corrected chi connectivity index (χ0v) is 34.3. The van der Waals surface area contributed by atoms with E-state index in [1.54, 1.807) is 20.1 Å². The second-order valence-electron chi connectivity index (χ2n) is 17.5. The van der Waals surface area contributed by atoms with Crippen LogP contribution in [-0.2, 0) is 35.6 Å². The average molecular weight is 821 g/mol. The molecule has 3 aliphatic heterocycles. The van der Waals surface area contributed by atoms with Gasteiger partial charge in [0, 0.05) is 18.4 Å². The van der Waals surface area contributed by atoms with E-state index in [0.29, 0.717) is 66.9 Å². The van der Waals surface area contributed by atoms with Gasteiger partial charge in [-0.1, -0.05) is 37.8 Å². The minimum atomic E-state index is -3.99. The van der Waals surface area contributed by atoms with Gasteiger partial charge in [-0.15, -0.1) is 0 Å². The van der Waals surface area contributed by atoms with Crippen molar-refractivity contribution in [3.05, 3.63) is 36.0 Å². The maximum absolute atomic E-state index is 14.7. The number of hydrogen-bond donors (Lipinski definition) is 3. The zero-order valence-electron chi connectivity index (χ0n) is 33.5. The van der Waals surface area contributed by atoms with Crippen LogP contribution < -0.4 is 24.8 Å². The summed E-state index contributed by atoms with van der Waals surface area (Å²) in [5.41, 5.74) is 0.437. The Bertz CT molecular complexity index is 2070. The fourth-order valence-corrected chi connectivity index (χ4v) is 10.5. The lowest BCUT2D eigenvalue weighted by Crippen LogP contribution is -2.58. The number of carbonyl (C=O) groups is 4. The van der Waals surface area contributed by atoms with Gasteiger partial charge in [0.25, 0.3) is 5.91 Å². The molecular weight excluding hydrogens is 765 g/mol. The lowest BCUT2D eigenvalue weighted by molar-refractivity contribution is -0.141. The Labute approximate surface area is 339 Å². The van der Waals surface area contributed by atoms with Crippen LogP contribution in [0.1, 0.15) is 115 Å². The SMILES string of the molecule is COc1ccc2nc3c(nc2c1)O[C@@H]1C[C@H]2C(=O)N[C@]4(C(=O)NS(=O)(=O)C5(C)CC5)C[C@H]4/C=C/CCCCC[C@H](NC(=O)O[C@@H]4CCC[C@H]4CCCCC3)C(=O)N2C1. The van der Waals surface area contributed by atoms with Crippen molar-refractivity contribution < 1.29 is 41.8 Å². The molecule has 0 spiro atoms. The van der Waals surface area contributed by atoms with Gasteiger partial charge in [-0.05, 0) is 102 Å². The first-order valence-electron chi connectivity index (χ1n) is 21.2. The second kappa shape index (κ2) is 16.3. The molecule has 0 unspecified atom stereocenters. The number of benzene rings is 1. The molecule has 15 nitrogen and oxygen atoms in total. The number of alkyl carbamates (subject to hydrolysis) is 1. The Balaban J connectivity index is 1.14. The Morgan fingerprint density at radius 1 is 0.966 bits per heavy atom. The number of rotatable bonds is 4. The van der Waals surface area contributed by atoms with E-state index in [9.17, 15) is 27.6 Å². The number of carbonyl (C=O) groups excluding carboxylic acids is 4. The number of aryl methyl sites for hydroxylation is 1. The molecule has 3 saturated carbocycles. The van der Waals surface area contributed by atoms with Crippen molar-refractivity contribution in [3.8, 4) is 11.6 Å². The van der Waals surface area contributed by atoms with E-state index in [2.05, 4.69) is 15.4 Å². The van der Waals surface area contributed by atoms with Gasteiger partial charge in [0.1, 0.15) is 41.3 Å². The second-order valence-corrected chi connectivity index (χ2v) is 19.7. The number of hydrogen-bond acceptors (Lipinski definition) is 11. The highest BCUT2D eigenvalue weighted by atomic mass is 32.2. The van der Waals surface area contributed by atoms with Gasteiger partial charge in [-0.25, -0.2) is 23.2 Å². The van der Waals surface area contributed by atoms with E-state index < -0.39 is 68.2 Å². The van der Waals surface area contributed by atoms with Crippen LogP contribution in [0.25, 0.3) is 11.0 Å². The fraction of sp³-hybridized carbons (Fsp3) is 0.667. The molecule has 7 atom stereocenters. The van der Waals surface area contributed by atoms with Crippen molar-refractivity contribution in [2.24, 2.45) is 11.8 Å². The van der Waals surface area contributed by atoms with Gasteiger partial charge < -0.3 is 29.7 Å². The number of sulfonamides is 1. The largest absolute Gasteiger partial charge is 0.497 e. The summed E-state index contributed by atoms with van der Waals surface area (Å²) in [6, 6.07) is 3.41. The first kappa shape index (κ1) is 40.3. The molecule has 6 aliphatic rings. The molecule has 16 heteroatoms. The topological polar surface area (TPSA) is 195 Å². The predicted octanol–water partition coefficient (Wildman–Crippen LogP) is 4.76. The van der Waals surface area contributed by atoms with E-state index in [-0.39, 0.29) is 31.4 Å². The average Bonchev–Trinajstić information content (AvgIpc) is 4.00. The highest BCUT2D eigenvalue weighted by molar-refractivity contribution is 7.91. The normalized spacial score (nSPS) is 32.2. The smallest absolute Gasteiger partial charge is 0.408 e. The molecule has 3 N–H and O–H groups in total. The van der Waals surface area contributed by atoms with Crippen molar-refractivity contribution >= 4 is 44.9 Å². The van der Waals surface area contributed by atoms with Gasteiger partial charge in [-0.3, -0.25) is 19.1 Å².